The van der Waals surface area contributed by atoms with Gasteiger partial charge in [-0.2, -0.15) is 0 Å². The topological polar surface area (TPSA) is 35.5 Å². The molecule has 18 heavy (non-hydrogen) atoms. The van der Waals surface area contributed by atoms with E-state index in [0.29, 0.717) is 11.4 Å². The van der Waals surface area contributed by atoms with Crippen molar-refractivity contribution in [2.75, 3.05) is 14.2 Å². The Morgan fingerprint density at radius 3 is 1.50 bits per heavy atom. The molecular weight excluding hydrogens is 384 g/mol. The summed E-state index contributed by atoms with van der Waals surface area (Å²) in [6.45, 7) is -3.42. The third-order valence-corrected chi connectivity index (χ3v) is 8.14. The van der Waals surface area contributed by atoms with Gasteiger partial charge in [0, 0.05) is 14.2 Å². The highest BCUT2D eigenvalue weighted by molar-refractivity contribution is 8.55. The molecule has 3 nitrogen and oxygen atoms in total. The fourth-order valence-corrected chi connectivity index (χ4v) is 5.28. The molecule has 10 heteroatoms. The van der Waals surface area contributed by atoms with Gasteiger partial charge in [-0.3, -0.25) is 0 Å². The summed E-state index contributed by atoms with van der Waals surface area (Å²) in [6, 6.07) is 0. The Hall–Kier alpha value is 1.17. The second-order valence-electron chi connectivity index (χ2n) is 2.80. The molecule has 102 valence electrons. The SMILES string of the molecule is COP(=O)(OC)Sc1c(Cl)c(Cl)c(Cl)c(Cl)c1Cl. The monoisotopic (exact) mass is 388 g/mol. The van der Waals surface area contributed by atoms with Crippen molar-refractivity contribution in [1.29, 1.82) is 0 Å². The van der Waals surface area contributed by atoms with Crippen molar-refractivity contribution in [2.45, 2.75) is 4.90 Å². The van der Waals surface area contributed by atoms with Crippen LogP contribution in [0.25, 0.3) is 0 Å². The highest BCUT2D eigenvalue weighted by atomic mass is 35.5. The summed E-state index contributed by atoms with van der Waals surface area (Å²) in [4.78, 5) is 0.185. The van der Waals surface area contributed by atoms with E-state index in [1.807, 2.05) is 0 Å². The molecule has 0 N–H and O–H groups in total. The molecule has 0 aromatic heterocycles. The first-order valence-corrected chi connectivity index (χ1v) is 9.05. The van der Waals surface area contributed by atoms with Crippen LogP contribution in [-0.2, 0) is 13.6 Å². The third-order valence-electron chi connectivity index (χ3n) is 1.82. The number of benzene rings is 1. The van der Waals surface area contributed by atoms with Crippen molar-refractivity contribution in [3.8, 4) is 0 Å². The summed E-state index contributed by atoms with van der Waals surface area (Å²) < 4.78 is 21.6. The summed E-state index contributed by atoms with van der Waals surface area (Å²) in [5, 5.41) is 0.149. The first-order valence-electron chi connectivity index (χ1n) is 4.20. The molecule has 0 aliphatic heterocycles. The Bertz CT molecular complexity index is 487. The summed E-state index contributed by atoms with van der Waals surface area (Å²) in [7, 11) is 2.47. The average molecular weight is 390 g/mol. The minimum atomic E-state index is -3.42. The van der Waals surface area contributed by atoms with Gasteiger partial charge < -0.3 is 9.05 Å². The minimum Gasteiger partial charge on any atom is -0.304 e. The molecule has 0 aliphatic rings. The molecule has 0 saturated heterocycles. The van der Waals surface area contributed by atoms with Gasteiger partial charge in [0.25, 0.3) is 0 Å². The molecule has 1 rings (SSSR count). The highest BCUT2D eigenvalue weighted by Crippen LogP contribution is 2.66. The zero-order valence-electron chi connectivity index (χ0n) is 8.97. The summed E-state index contributed by atoms with van der Waals surface area (Å²) in [5.41, 5.74) is 0. The van der Waals surface area contributed by atoms with Crippen LogP contribution >= 0.6 is 76.2 Å². The standard InChI is InChI=1S/C8H6Cl5O3PS/c1-15-17(14,16-2)18-8-6(12)4(10)3(9)5(11)7(8)13/h1-2H3. The van der Waals surface area contributed by atoms with Crippen LogP contribution < -0.4 is 0 Å². The van der Waals surface area contributed by atoms with Crippen LogP contribution in [0.15, 0.2) is 4.90 Å². The van der Waals surface area contributed by atoms with Gasteiger partial charge in [0.2, 0.25) is 0 Å². The van der Waals surface area contributed by atoms with E-state index in [-0.39, 0.29) is 30.0 Å². The predicted octanol–water partition coefficient (Wildman–Crippen LogP) is 6.45. The summed E-state index contributed by atoms with van der Waals surface area (Å²) in [5.74, 6) is 0. The lowest BCUT2D eigenvalue weighted by Gasteiger charge is -2.16. The van der Waals surface area contributed by atoms with Gasteiger partial charge in [-0.05, 0) is 11.4 Å². The highest BCUT2D eigenvalue weighted by Gasteiger charge is 2.29. The van der Waals surface area contributed by atoms with Crippen molar-refractivity contribution in [2.24, 2.45) is 0 Å². The Morgan fingerprint density at radius 1 is 0.833 bits per heavy atom. The van der Waals surface area contributed by atoms with Gasteiger partial charge in [0.05, 0.1) is 30.0 Å². The van der Waals surface area contributed by atoms with Crippen LogP contribution in [0.1, 0.15) is 0 Å². The van der Waals surface area contributed by atoms with Crippen LogP contribution in [0.3, 0.4) is 0 Å². The maximum atomic E-state index is 12.0. The van der Waals surface area contributed by atoms with E-state index in [2.05, 4.69) is 0 Å². The van der Waals surface area contributed by atoms with E-state index in [9.17, 15) is 4.57 Å². The maximum absolute atomic E-state index is 12.0. The quantitative estimate of drug-likeness (QED) is 0.336. The first-order chi connectivity index (χ1) is 8.27. The fraction of sp³-hybridized carbons (Fsp3) is 0.250. The fourth-order valence-electron chi connectivity index (χ4n) is 0.926. The molecule has 0 radical (unpaired) electrons. The third kappa shape index (κ3) is 3.43. The van der Waals surface area contributed by atoms with Crippen molar-refractivity contribution >= 4 is 76.2 Å². The zero-order chi connectivity index (χ0) is 14.1. The summed E-state index contributed by atoms with van der Waals surface area (Å²) in [6.07, 6.45) is 0. The number of halogens is 5. The molecule has 0 saturated carbocycles. The van der Waals surface area contributed by atoms with Crippen LogP contribution in [0.5, 0.6) is 0 Å². The molecule has 1 aromatic rings. The Morgan fingerprint density at radius 2 is 1.17 bits per heavy atom. The van der Waals surface area contributed by atoms with Crippen molar-refractivity contribution in [3.05, 3.63) is 25.1 Å². The van der Waals surface area contributed by atoms with E-state index < -0.39 is 6.80 Å². The number of hydrogen-bond acceptors (Lipinski definition) is 4. The molecule has 1 aromatic carbocycles. The number of rotatable bonds is 4. The van der Waals surface area contributed by atoms with E-state index in [1.165, 1.54) is 14.2 Å². The van der Waals surface area contributed by atoms with Crippen molar-refractivity contribution in [1.82, 2.24) is 0 Å². The van der Waals surface area contributed by atoms with Crippen LogP contribution in [-0.4, -0.2) is 14.2 Å². The average Bonchev–Trinajstić information content (AvgIpc) is 2.39. The smallest absolute Gasteiger partial charge is 0.304 e. The maximum Gasteiger partial charge on any atom is 0.393 e. The molecule has 0 aliphatic carbocycles. The van der Waals surface area contributed by atoms with E-state index >= 15 is 0 Å². The predicted molar refractivity (Wildman–Crippen MR) is 79.0 cm³/mol. The second kappa shape index (κ2) is 6.75. The Labute approximate surface area is 133 Å². The molecule has 0 atom stereocenters. The van der Waals surface area contributed by atoms with Crippen molar-refractivity contribution in [3.63, 3.8) is 0 Å². The van der Waals surface area contributed by atoms with E-state index in [0.717, 1.165) is 0 Å². The second-order valence-corrected chi connectivity index (χ2v) is 8.80. The molecule has 0 spiro atoms. The largest absolute Gasteiger partial charge is 0.393 e. The molecule has 0 bridgehead atoms. The van der Waals surface area contributed by atoms with Crippen molar-refractivity contribution < 1.29 is 13.6 Å². The Balaban J connectivity index is 3.39. The minimum absolute atomic E-state index is 0.0222. The van der Waals surface area contributed by atoms with Crippen LogP contribution in [0.2, 0.25) is 25.1 Å². The van der Waals surface area contributed by atoms with Gasteiger partial charge >= 0.3 is 6.80 Å². The lowest BCUT2D eigenvalue weighted by Crippen LogP contribution is -1.88. The van der Waals surface area contributed by atoms with Gasteiger partial charge in [0.1, 0.15) is 0 Å². The van der Waals surface area contributed by atoms with E-state index in [1.54, 1.807) is 0 Å². The molecular formula is C8H6Cl5O3PS. The molecule has 0 heterocycles. The summed E-state index contributed by atoms with van der Waals surface area (Å²) >= 11 is 30.3. The van der Waals surface area contributed by atoms with Gasteiger partial charge in [0.15, 0.2) is 0 Å². The Kier molecular flexibility index (Phi) is 6.46. The van der Waals surface area contributed by atoms with Gasteiger partial charge in [-0.25, -0.2) is 4.57 Å². The zero-order valence-corrected chi connectivity index (χ0v) is 14.5. The first kappa shape index (κ1) is 17.2. The lowest BCUT2D eigenvalue weighted by atomic mass is 10.3. The molecule has 0 amide bonds. The van der Waals surface area contributed by atoms with Crippen LogP contribution in [0.4, 0.5) is 0 Å². The van der Waals surface area contributed by atoms with Crippen LogP contribution in [0, 0.1) is 0 Å². The normalized spacial score (nSPS) is 11.9. The lowest BCUT2D eigenvalue weighted by molar-refractivity contribution is 0.295. The molecule has 0 unspecified atom stereocenters. The van der Waals surface area contributed by atoms with Gasteiger partial charge in [-0.1, -0.05) is 58.0 Å². The van der Waals surface area contributed by atoms with Gasteiger partial charge in [-0.15, -0.1) is 0 Å². The number of hydrogen-bond donors (Lipinski definition) is 0. The van der Waals surface area contributed by atoms with E-state index in [4.69, 9.17) is 67.1 Å². The molecule has 0 fully saturated rings.